The van der Waals surface area contributed by atoms with E-state index in [1.54, 1.807) is 0 Å². The molecule has 0 fully saturated rings. The smallest absolute Gasteiger partial charge is 0.257 e. The van der Waals surface area contributed by atoms with Crippen molar-refractivity contribution in [2.24, 2.45) is 0 Å². The molecule has 0 heterocycles. The van der Waals surface area contributed by atoms with Crippen LogP contribution in [0.4, 0.5) is 0 Å². The maximum atomic E-state index is 11.8. The molecule has 0 aromatic heterocycles. The van der Waals surface area contributed by atoms with E-state index in [0.717, 1.165) is 18.6 Å². The van der Waals surface area contributed by atoms with Crippen molar-refractivity contribution in [2.45, 2.75) is 39.0 Å². The van der Waals surface area contributed by atoms with Crippen LogP contribution in [0.5, 0.6) is 5.75 Å². The number of ether oxygens (including phenoxy) is 1. The molecule has 0 unspecified atom stereocenters. The Kier molecular flexibility index (Phi) is 6.42. The molecule has 3 nitrogen and oxygen atoms in total. The van der Waals surface area contributed by atoms with Crippen LogP contribution in [0.15, 0.2) is 54.6 Å². The molecule has 128 valence electrons. The van der Waals surface area contributed by atoms with Gasteiger partial charge in [0.2, 0.25) is 0 Å². The Bertz CT molecular complexity index is 633. The molecule has 1 amide bonds. The average Bonchev–Trinajstić information content (AvgIpc) is 2.61. The molecule has 0 radical (unpaired) electrons. The third-order valence-corrected chi connectivity index (χ3v) is 4.47. The Morgan fingerprint density at radius 3 is 2.33 bits per heavy atom. The summed E-state index contributed by atoms with van der Waals surface area (Å²) in [7, 11) is 0. The standard InChI is InChI=1S/C21H27NO2/c1-4-21(2,3)18-10-12-19(13-11-18)24-16-20(23)22-15-14-17-8-6-5-7-9-17/h5-13H,4,14-16H2,1-3H3,(H,22,23). The normalized spacial score (nSPS) is 11.1. The predicted molar refractivity (Wildman–Crippen MR) is 98.4 cm³/mol. The summed E-state index contributed by atoms with van der Waals surface area (Å²) in [6, 6.07) is 18.1. The lowest BCUT2D eigenvalue weighted by molar-refractivity contribution is -0.123. The van der Waals surface area contributed by atoms with Gasteiger partial charge in [-0.2, -0.15) is 0 Å². The molecule has 2 aromatic rings. The minimum absolute atomic E-state index is 0.0469. The summed E-state index contributed by atoms with van der Waals surface area (Å²) in [4.78, 5) is 11.8. The molecule has 0 aliphatic rings. The Labute approximate surface area is 145 Å². The summed E-state index contributed by atoms with van der Waals surface area (Å²) in [6.07, 6.45) is 1.91. The summed E-state index contributed by atoms with van der Waals surface area (Å²) in [5.74, 6) is 0.632. The highest BCUT2D eigenvalue weighted by Gasteiger charge is 2.17. The van der Waals surface area contributed by atoms with Crippen LogP contribution in [0.1, 0.15) is 38.3 Å². The van der Waals surface area contributed by atoms with Gasteiger partial charge in [-0.05, 0) is 41.5 Å². The molecule has 0 aliphatic heterocycles. The van der Waals surface area contributed by atoms with Crippen molar-refractivity contribution < 1.29 is 9.53 Å². The average molecular weight is 325 g/mol. The molecule has 0 bridgehead atoms. The summed E-state index contributed by atoms with van der Waals surface area (Å²) in [5.41, 5.74) is 2.66. The van der Waals surface area contributed by atoms with Crippen LogP contribution in [0.2, 0.25) is 0 Å². The lowest BCUT2D eigenvalue weighted by Crippen LogP contribution is -2.30. The van der Waals surface area contributed by atoms with E-state index in [4.69, 9.17) is 4.74 Å². The van der Waals surface area contributed by atoms with Crippen LogP contribution < -0.4 is 10.1 Å². The number of carbonyl (C=O) groups is 1. The first-order chi connectivity index (χ1) is 11.5. The lowest BCUT2D eigenvalue weighted by atomic mass is 9.82. The largest absolute Gasteiger partial charge is 0.484 e. The highest BCUT2D eigenvalue weighted by atomic mass is 16.5. The van der Waals surface area contributed by atoms with E-state index in [9.17, 15) is 4.79 Å². The third-order valence-electron chi connectivity index (χ3n) is 4.47. The summed E-state index contributed by atoms with van der Waals surface area (Å²) in [6.45, 7) is 7.30. The molecule has 0 saturated heterocycles. The van der Waals surface area contributed by atoms with Gasteiger partial charge in [-0.1, -0.05) is 63.2 Å². The Balaban J connectivity index is 1.73. The monoisotopic (exact) mass is 325 g/mol. The molecule has 3 heteroatoms. The Hall–Kier alpha value is -2.29. The Morgan fingerprint density at radius 1 is 1.04 bits per heavy atom. The van der Waals surface area contributed by atoms with Crippen molar-refractivity contribution in [3.05, 3.63) is 65.7 Å². The van der Waals surface area contributed by atoms with Gasteiger partial charge in [0, 0.05) is 6.54 Å². The van der Waals surface area contributed by atoms with Crippen molar-refractivity contribution in [3.8, 4) is 5.75 Å². The van der Waals surface area contributed by atoms with Crippen LogP contribution in [-0.4, -0.2) is 19.1 Å². The molecule has 24 heavy (non-hydrogen) atoms. The zero-order chi connectivity index (χ0) is 17.4. The molecule has 1 N–H and O–H groups in total. The molecular weight excluding hydrogens is 298 g/mol. The van der Waals surface area contributed by atoms with E-state index in [0.29, 0.717) is 6.54 Å². The summed E-state index contributed by atoms with van der Waals surface area (Å²) < 4.78 is 5.56. The zero-order valence-electron chi connectivity index (χ0n) is 14.8. The minimum atomic E-state index is -0.0936. The quantitative estimate of drug-likeness (QED) is 0.793. The van der Waals surface area contributed by atoms with Gasteiger partial charge in [-0.25, -0.2) is 0 Å². The fraction of sp³-hybridized carbons (Fsp3) is 0.381. The van der Waals surface area contributed by atoms with Crippen molar-refractivity contribution in [2.75, 3.05) is 13.2 Å². The van der Waals surface area contributed by atoms with Gasteiger partial charge in [0.1, 0.15) is 5.75 Å². The van der Waals surface area contributed by atoms with Crippen molar-refractivity contribution in [1.29, 1.82) is 0 Å². The van der Waals surface area contributed by atoms with Gasteiger partial charge in [0.25, 0.3) is 5.91 Å². The molecule has 0 saturated carbocycles. The van der Waals surface area contributed by atoms with E-state index in [2.05, 4.69) is 50.4 Å². The molecular formula is C21H27NO2. The maximum absolute atomic E-state index is 11.8. The second kappa shape index (κ2) is 8.53. The zero-order valence-corrected chi connectivity index (χ0v) is 14.8. The first-order valence-corrected chi connectivity index (χ1v) is 8.55. The van der Waals surface area contributed by atoms with Gasteiger partial charge < -0.3 is 10.1 Å². The number of hydrogen-bond donors (Lipinski definition) is 1. The van der Waals surface area contributed by atoms with E-state index in [1.165, 1.54) is 11.1 Å². The van der Waals surface area contributed by atoms with E-state index in [-0.39, 0.29) is 17.9 Å². The van der Waals surface area contributed by atoms with Crippen LogP contribution in [0.3, 0.4) is 0 Å². The van der Waals surface area contributed by atoms with Crippen LogP contribution in [0.25, 0.3) is 0 Å². The third kappa shape index (κ3) is 5.41. The van der Waals surface area contributed by atoms with Gasteiger partial charge in [0.15, 0.2) is 6.61 Å². The van der Waals surface area contributed by atoms with Crippen LogP contribution in [-0.2, 0) is 16.6 Å². The highest BCUT2D eigenvalue weighted by molar-refractivity contribution is 5.77. The van der Waals surface area contributed by atoms with Crippen molar-refractivity contribution in [1.82, 2.24) is 5.32 Å². The van der Waals surface area contributed by atoms with Crippen molar-refractivity contribution >= 4 is 5.91 Å². The van der Waals surface area contributed by atoms with E-state index in [1.807, 2.05) is 30.3 Å². The second-order valence-electron chi connectivity index (χ2n) is 6.64. The first kappa shape index (κ1) is 18.1. The van der Waals surface area contributed by atoms with Gasteiger partial charge >= 0.3 is 0 Å². The molecule has 2 rings (SSSR count). The SMILES string of the molecule is CCC(C)(C)c1ccc(OCC(=O)NCCc2ccccc2)cc1. The van der Waals surface area contributed by atoms with Crippen LogP contribution >= 0.6 is 0 Å². The molecule has 0 spiro atoms. The van der Waals surface area contributed by atoms with E-state index < -0.39 is 0 Å². The summed E-state index contributed by atoms with van der Waals surface area (Å²) >= 11 is 0. The predicted octanol–water partition coefficient (Wildman–Crippen LogP) is 4.11. The Morgan fingerprint density at radius 2 is 1.71 bits per heavy atom. The van der Waals surface area contributed by atoms with Gasteiger partial charge in [-0.15, -0.1) is 0 Å². The second-order valence-corrected chi connectivity index (χ2v) is 6.64. The number of hydrogen-bond acceptors (Lipinski definition) is 2. The topological polar surface area (TPSA) is 38.3 Å². The fourth-order valence-electron chi connectivity index (χ4n) is 2.40. The number of carbonyl (C=O) groups excluding carboxylic acids is 1. The van der Waals surface area contributed by atoms with E-state index >= 15 is 0 Å². The van der Waals surface area contributed by atoms with Crippen molar-refractivity contribution in [3.63, 3.8) is 0 Å². The number of rotatable bonds is 8. The number of benzene rings is 2. The molecule has 0 atom stereocenters. The van der Waals surface area contributed by atoms with Gasteiger partial charge in [-0.3, -0.25) is 4.79 Å². The first-order valence-electron chi connectivity index (χ1n) is 8.55. The fourth-order valence-corrected chi connectivity index (χ4v) is 2.40. The maximum Gasteiger partial charge on any atom is 0.257 e. The molecule has 0 aliphatic carbocycles. The minimum Gasteiger partial charge on any atom is -0.484 e. The van der Waals surface area contributed by atoms with Crippen LogP contribution in [0, 0.1) is 0 Å². The number of amides is 1. The number of nitrogens with one attached hydrogen (secondary N) is 1. The molecule has 2 aromatic carbocycles. The lowest BCUT2D eigenvalue weighted by Gasteiger charge is -2.23. The van der Waals surface area contributed by atoms with Gasteiger partial charge in [0.05, 0.1) is 0 Å². The highest BCUT2D eigenvalue weighted by Crippen LogP contribution is 2.27. The summed E-state index contributed by atoms with van der Waals surface area (Å²) in [5, 5.41) is 2.88.